The fourth-order valence-corrected chi connectivity index (χ4v) is 5.38. The summed E-state index contributed by atoms with van der Waals surface area (Å²) in [6.07, 6.45) is 3.23. The molecule has 5 rings (SSSR count). The Morgan fingerprint density at radius 3 is 2.29 bits per heavy atom. The minimum Gasteiger partial charge on any atom is -0.466 e. The number of rotatable bonds is 4. The lowest BCUT2D eigenvalue weighted by Gasteiger charge is -2.51. The molecule has 6 atom stereocenters. The summed E-state index contributed by atoms with van der Waals surface area (Å²) in [4.78, 5) is 28.5. The van der Waals surface area contributed by atoms with Gasteiger partial charge >= 0.3 is 12.1 Å². The van der Waals surface area contributed by atoms with Crippen LogP contribution in [0.25, 0.3) is 0 Å². The van der Waals surface area contributed by atoms with Crippen molar-refractivity contribution in [3.63, 3.8) is 0 Å². The van der Waals surface area contributed by atoms with Crippen LogP contribution in [0.5, 0.6) is 0 Å². The highest BCUT2D eigenvalue weighted by molar-refractivity contribution is 5.77. The molecule has 5 fully saturated rings. The van der Waals surface area contributed by atoms with Crippen molar-refractivity contribution in [1.82, 2.24) is 9.80 Å². The Balaban J connectivity index is 1.33. The summed E-state index contributed by atoms with van der Waals surface area (Å²) in [5, 5.41) is 0. The van der Waals surface area contributed by atoms with Gasteiger partial charge in [0.25, 0.3) is 0 Å². The second-order valence-corrected chi connectivity index (χ2v) is 7.71. The largest absolute Gasteiger partial charge is 0.466 e. The van der Waals surface area contributed by atoms with Crippen LogP contribution in [0.15, 0.2) is 0 Å². The number of hydrogen-bond acceptors (Lipinski definition) is 5. The first-order valence-corrected chi connectivity index (χ1v) is 9.48. The summed E-state index contributed by atoms with van der Waals surface area (Å²) in [7, 11) is 0. The first kappa shape index (κ1) is 16.2. The standard InChI is InChI=1S/C18H28N2O4/c1-3-23-17(21)16-13-9-19(10-14(13)16)15-7-12-6-5-11(15)8-20(12)18(22)24-4-2/h11-16H,3-10H2,1-2H3/t11-,12-,13-,14+,15?,16?/m0/s1. The van der Waals surface area contributed by atoms with Crippen LogP contribution < -0.4 is 0 Å². The van der Waals surface area contributed by atoms with Crippen molar-refractivity contribution in [2.75, 3.05) is 32.8 Å². The summed E-state index contributed by atoms with van der Waals surface area (Å²) in [6.45, 7) is 7.55. The van der Waals surface area contributed by atoms with Crippen LogP contribution in [0.2, 0.25) is 0 Å². The van der Waals surface area contributed by atoms with E-state index in [-0.39, 0.29) is 18.0 Å². The second kappa shape index (κ2) is 6.21. The number of fused-ring (bicyclic) bond motifs is 4. The number of amides is 1. The van der Waals surface area contributed by atoms with Gasteiger partial charge in [-0.2, -0.15) is 0 Å². The molecule has 5 aliphatic rings. The summed E-state index contributed by atoms with van der Waals surface area (Å²) in [5.41, 5.74) is 0. The first-order valence-electron chi connectivity index (χ1n) is 9.48. The third-order valence-corrected chi connectivity index (χ3v) is 6.55. The Bertz CT molecular complexity index is 513. The van der Waals surface area contributed by atoms with Crippen LogP contribution in [0.1, 0.15) is 33.1 Å². The molecule has 6 heteroatoms. The topological polar surface area (TPSA) is 59.1 Å². The number of hydrogen-bond donors (Lipinski definition) is 0. The third kappa shape index (κ3) is 2.59. The van der Waals surface area contributed by atoms with Crippen molar-refractivity contribution in [3.05, 3.63) is 0 Å². The normalized spacial score (nSPS) is 40.3. The van der Waals surface area contributed by atoms with Gasteiger partial charge in [0.05, 0.1) is 19.1 Å². The predicted octanol–water partition coefficient (Wildman–Crippen LogP) is 1.74. The van der Waals surface area contributed by atoms with E-state index in [9.17, 15) is 9.59 Å². The Kier molecular flexibility index (Phi) is 4.19. The molecular formula is C18H28N2O4. The number of piperidine rings is 3. The zero-order chi connectivity index (χ0) is 16.8. The highest BCUT2D eigenvalue weighted by Crippen LogP contribution is 2.54. The minimum absolute atomic E-state index is 0.00537. The highest BCUT2D eigenvalue weighted by Gasteiger charge is 2.62. The maximum absolute atomic E-state index is 12.1. The third-order valence-electron chi connectivity index (χ3n) is 6.55. The lowest BCUT2D eigenvalue weighted by Crippen LogP contribution is -2.60. The SMILES string of the molecule is CCOC(=O)C1[C@H]2CN(C3C[C@@H]4CC[C@H]3CN4C(=O)OCC)C[C@@H]12. The number of carbonyl (C=O) groups is 2. The minimum atomic E-state index is -0.141. The van der Waals surface area contributed by atoms with Crippen LogP contribution in [-0.4, -0.2) is 66.8 Å². The van der Waals surface area contributed by atoms with Gasteiger partial charge in [-0.15, -0.1) is 0 Å². The van der Waals surface area contributed by atoms with E-state index in [0.717, 1.165) is 32.5 Å². The van der Waals surface area contributed by atoms with Gasteiger partial charge in [-0.1, -0.05) is 0 Å². The lowest BCUT2D eigenvalue weighted by molar-refractivity contribution is -0.146. The molecule has 0 aromatic rings. The molecule has 1 amide bonds. The van der Waals surface area contributed by atoms with Crippen LogP contribution in [0, 0.1) is 23.7 Å². The number of likely N-dealkylation sites (tertiary alicyclic amines) is 1. The van der Waals surface area contributed by atoms with E-state index >= 15 is 0 Å². The maximum atomic E-state index is 12.1. The average molecular weight is 336 g/mol. The van der Waals surface area contributed by atoms with Gasteiger partial charge in [0, 0.05) is 31.7 Å². The molecule has 134 valence electrons. The predicted molar refractivity (Wildman–Crippen MR) is 87.3 cm³/mol. The van der Waals surface area contributed by atoms with Gasteiger partial charge in [-0.25, -0.2) is 4.79 Å². The Morgan fingerprint density at radius 1 is 1.00 bits per heavy atom. The van der Waals surface area contributed by atoms with Gasteiger partial charge in [0.15, 0.2) is 0 Å². The molecule has 3 saturated heterocycles. The number of esters is 1. The lowest BCUT2D eigenvalue weighted by atomic mass is 9.75. The van der Waals surface area contributed by atoms with E-state index in [4.69, 9.17) is 9.47 Å². The van der Waals surface area contributed by atoms with E-state index in [2.05, 4.69) is 4.90 Å². The molecular weight excluding hydrogens is 308 g/mol. The zero-order valence-corrected chi connectivity index (χ0v) is 14.6. The molecule has 0 aromatic carbocycles. The van der Waals surface area contributed by atoms with Crippen molar-refractivity contribution >= 4 is 12.1 Å². The molecule has 2 saturated carbocycles. The fourth-order valence-electron chi connectivity index (χ4n) is 5.38. The fraction of sp³-hybridized carbons (Fsp3) is 0.889. The van der Waals surface area contributed by atoms with E-state index in [1.165, 1.54) is 6.42 Å². The van der Waals surface area contributed by atoms with Crippen molar-refractivity contribution in [3.8, 4) is 0 Å². The summed E-state index contributed by atoms with van der Waals surface area (Å²) in [5.74, 6) is 1.72. The van der Waals surface area contributed by atoms with Gasteiger partial charge < -0.3 is 14.4 Å². The second-order valence-electron chi connectivity index (χ2n) is 7.71. The number of ether oxygens (including phenoxy) is 2. The van der Waals surface area contributed by atoms with Crippen LogP contribution in [0.3, 0.4) is 0 Å². The molecule has 2 bridgehead atoms. The smallest absolute Gasteiger partial charge is 0.410 e. The van der Waals surface area contributed by atoms with Gasteiger partial charge in [-0.3, -0.25) is 9.69 Å². The molecule has 2 unspecified atom stereocenters. The Morgan fingerprint density at radius 2 is 1.71 bits per heavy atom. The molecule has 24 heavy (non-hydrogen) atoms. The van der Waals surface area contributed by atoms with E-state index < -0.39 is 0 Å². The molecule has 0 radical (unpaired) electrons. The van der Waals surface area contributed by atoms with E-state index in [1.807, 2.05) is 18.7 Å². The van der Waals surface area contributed by atoms with Crippen molar-refractivity contribution in [2.45, 2.75) is 45.2 Å². The number of carbonyl (C=O) groups excluding carboxylic acids is 2. The van der Waals surface area contributed by atoms with Crippen molar-refractivity contribution in [2.24, 2.45) is 23.7 Å². The maximum Gasteiger partial charge on any atom is 0.410 e. The quantitative estimate of drug-likeness (QED) is 0.732. The van der Waals surface area contributed by atoms with Crippen LogP contribution in [0.4, 0.5) is 4.79 Å². The Hall–Kier alpha value is -1.30. The van der Waals surface area contributed by atoms with Gasteiger partial charge in [0.2, 0.25) is 0 Å². The first-order chi connectivity index (χ1) is 11.6. The van der Waals surface area contributed by atoms with E-state index in [1.54, 1.807) is 0 Å². The molecule has 3 aliphatic heterocycles. The Labute approximate surface area is 143 Å². The summed E-state index contributed by atoms with van der Waals surface area (Å²) in [6, 6.07) is 0.905. The molecule has 0 N–H and O–H groups in total. The molecule has 0 aromatic heterocycles. The van der Waals surface area contributed by atoms with Crippen molar-refractivity contribution in [1.29, 1.82) is 0 Å². The van der Waals surface area contributed by atoms with Gasteiger partial charge in [-0.05, 0) is 50.9 Å². The van der Waals surface area contributed by atoms with Gasteiger partial charge in [0.1, 0.15) is 0 Å². The summed E-state index contributed by atoms with van der Waals surface area (Å²) >= 11 is 0. The highest BCUT2D eigenvalue weighted by atomic mass is 16.6. The molecule has 2 aliphatic carbocycles. The molecule has 0 spiro atoms. The molecule has 6 nitrogen and oxygen atoms in total. The van der Waals surface area contributed by atoms with Crippen LogP contribution >= 0.6 is 0 Å². The number of nitrogens with zero attached hydrogens (tertiary/aromatic N) is 2. The monoisotopic (exact) mass is 336 g/mol. The van der Waals surface area contributed by atoms with Crippen LogP contribution in [-0.2, 0) is 14.3 Å². The average Bonchev–Trinajstić information content (AvgIpc) is 3.10. The van der Waals surface area contributed by atoms with Crippen molar-refractivity contribution < 1.29 is 19.1 Å². The zero-order valence-electron chi connectivity index (χ0n) is 14.6. The van der Waals surface area contributed by atoms with E-state index in [0.29, 0.717) is 43.1 Å². The summed E-state index contributed by atoms with van der Waals surface area (Å²) < 4.78 is 10.4. The molecule has 3 heterocycles.